The van der Waals surface area contributed by atoms with E-state index in [-0.39, 0.29) is 23.7 Å². The van der Waals surface area contributed by atoms with Crippen molar-refractivity contribution >= 4 is 12.6 Å². The highest BCUT2D eigenvalue weighted by Gasteiger charge is 2.21. The Balaban J connectivity index is 3.73. The van der Waals surface area contributed by atoms with Crippen molar-refractivity contribution < 1.29 is 30.0 Å². The third-order valence-electron chi connectivity index (χ3n) is 2.29. The van der Waals surface area contributed by atoms with Gasteiger partial charge in [-0.3, -0.25) is 9.59 Å². The van der Waals surface area contributed by atoms with E-state index in [1.54, 1.807) is 0 Å². The fourth-order valence-corrected chi connectivity index (χ4v) is 1.45. The molecule has 0 spiro atoms. The molecule has 4 N–H and O–H groups in total. The second kappa shape index (κ2) is 4.73. The summed E-state index contributed by atoms with van der Waals surface area (Å²) in [4.78, 5) is 21.3. The van der Waals surface area contributed by atoms with Gasteiger partial charge >= 0.3 is 0 Å². The Hall–Kier alpha value is -1.92. The first-order valence-electron chi connectivity index (χ1n) is 4.34. The molecule has 0 aromatic heterocycles. The van der Waals surface area contributed by atoms with Crippen LogP contribution in [-0.2, 0) is 13.2 Å². The normalized spacial score (nSPS) is 10.1. The van der Waals surface area contributed by atoms with Gasteiger partial charge in [0.25, 0.3) is 0 Å². The van der Waals surface area contributed by atoms with E-state index in [2.05, 4.69) is 0 Å². The van der Waals surface area contributed by atoms with Crippen LogP contribution in [0.4, 0.5) is 0 Å². The number of carbonyl (C=O) groups is 2. The molecule has 0 amide bonds. The van der Waals surface area contributed by atoms with Gasteiger partial charge in [-0.2, -0.15) is 0 Å². The van der Waals surface area contributed by atoms with E-state index in [1.807, 2.05) is 0 Å². The lowest BCUT2D eigenvalue weighted by Crippen LogP contribution is -2.03. The number of hydrogen-bond acceptors (Lipinski definition) is 6. The van der Waals surface area contributed by atoms with Gasteiger partial charge in [0.1, 0.15) is 11.5 Å². The van der Waals surface area contributed by atoms with Crippen molar-refractivity contribution in [3.05, 3.63) is 22.3 Å². The summed E-state index contributed by atoms with van der Waals surface area (Å²) in [7, 11) is 0. The number of phenols is 2. The molecule has 6 heteroatoms. The van der Waals surface area contributed by atoms with Crippen LogP contribution < -0.4 is 0 Å². The molecule has 6 nitrogen and oxygen atoms in total. The van der Waals surface area contributed by atoms with Crippen molar-refractivity contribution in [2.24, 2.45) is 0 Å². The van der Waals surface area contributed by atoms with Gasteiger partial charge in [0.2, 0.25) is 0 Å². The minimum atomic E-state index is -0.671. The van der Waals surface area contributed by atoms with Crippen LogP contribution in [0.15, 0.2) is 0 Å². The quantitative estimate of drug-likeness (QED) is 0.414. The van der Waals surface area contributed by atoms with Gasteiger partial charge in [-0.15, -0.1) is 0 Å². The molecular weight excluding hydrogens is 216 g/mol. The predicted molar refractivity (Wildman–Crippen MR) is 52.4 cm³/mol. The highest BCUT2D eigenvalue weighted by Crippen LogP contribution is 2.35. The van der Waals surface area contributed by atoms with E-state index in [0.29, 0.717) is 0 Å². The molecule has 0 aliphatic heterocycles. The number of benzene rings is 1. The van der Waals surface area contributed by atoms with Crippen molar-refractivity contribution in [1.29, 1.82) is 0 Å². The molecule has 1 aromatic rings. The molecule has 0 heterocycles. The lowest BCUT2D eigenvalue weighted by Gasteiger charge is -2.13. The molecule has 0 saturated carbocycles. The van der Waals surface area contributed by atoms with Crippen LogP contribution in [0.5, 0.6) is 11.5 Å². The molecule has 0 bridgehead atoms. The smallest absolute Gasteiger partial charge is 0.154 e. The van der Waals surface area contributed by atoms with Crippen LogP contribution >= 0.6 is 0 Å². The van der Waals surface area contributed by atoms with Crippen molar-refractivity contribution in [2.45, 2.75) is 13.2 Å². The van der Waals surface area contributed by atoms with E-state index >= 15 is 0 Å². The molecule has 1 rings (SSSR count). The molecule has 0 unspecified atom stereocenters. The van der Waals surface area contributed by atoms with Crippen molar-refractivity contribution in [3.8, 4) is 11.5 Å². The maximum absolute atomic E-state index is 10.7. The molecule has 86 valence electrons. The Morgan fingerprint density at radius 2 is 1.12 bits per heavy atom. The molecule has 0 radical (unpaired) electrons. The van der Waals surface area contributed by atoms with E-state index in [4.69, 9.17) is 10.2 Å². The predicted octanol–water partition coefficient (Wildman–Crippen LogP) is -0.293. The number of carbonyl (C=O) groups excluding carboxylic acids is 2. The van der Waals surface area contributed by atoms with Crippen LogP contribution in [0.25, 0.3) is 0 Å². The molecule has 0 atom stereocenters. The number of aromatic hydroxyl groups is 2. The summed E-state index contributed by atoms with van der Waals surface area (Å²) in [6.45, 7) is -1.34. The number of rotatable bonds is 4. The zero-order chi connectivity index (χ0) is 12.3. The fourth-order valence-electron chi connectivity index (χ4n) is 1.45. The number of hydrogen-bond donors (Lipinski definition) is 4. The number of aliphatic hydroxyl groups is 2. The topological polar surface area (TPSA) is 115 Å². The number of aldehydes is 2. The van der Waals surface area contributed by atoms with Gasteiger partial charge in [-0.25, -0.2) is 0 Å². The SMILES string of the molecule is O=Cc1c(O)c(CO)c(CO)c(O)c1C=O. The Labute approximate surface area is 90.4 Å². The average Bonchev–Trinajstić information content (AvgIpc) is 2.30. The fraction of sp³-hybridized carbons (Fsp3) is 0.200. The molecule has 16 heavy (non-hydrogen) atoms. The summed E-state index contributed by atoms with van der Waals surface area (Å²) < 4.78 is 0. The van der Waals surface area contributed by atoms with Crippen LogP contribution in [0.2, 0.25) is 0 Å². The maximum Gasteiger partial charge on any atom is 0.154 e. The Morgan fingerprint density at radius 1 is 0.812 bits per heavy atom. The summed E-state index contributed by atoms with van der Waals surface area (Å²) in [6, 6.07) is 0. The van der Waals surface area contributed by atoms with Crippen LogP contribution in [-0.4, -0.2) is 33.0 Å². The van der Waals surface area contributed by atoms with Crippen LogP contribution in [0.1, 0.15) is 31.8 Å². The highest BCUT2D eigenvalue weighted by molar-refractivity contribution is 5.96. The summed E-state index contributed by atoms with van der Waals surface area (Å²) in [6.07, 6.45) is 0.387. The minimum Gasteiger partial charge on any atom is -0.507 e. The Kier molecular flexibility index (Phi) is 3.60. The third kappa shape index (κ3) is 1.64. The number of aliphatic hydroxyl groups excluding tert-OH is 2. The Morgan fingerprint density at radius 3 is 1.31 bits per heavy atom. The van der Waals surface area contributed by atoms with E-state index in [9.17, 15) is 19.8 Å². The lowest BCUT2D eigenvalue weighted by atomic mass is 9.97. The van der Waals surface area contributed by atoms with Crippen molar-refractivity contribution in [3.63, 3.8) is 0 Å². The molecular formula is C10H10O6. The monoisotopic (exact) mass is 226 g/mol. The summed E-state index contributed by atoms with van der Waals surface area (Å²) in [5.41, 5.74) is -1.16. The van der Waals surface area contributed by atoms with Gasteiger partial charge in [0.05, 0.1) is 24.3 Å². The highest BCUT2D eigenvalue weighted by atomic mass is 16.3. The van der Waals surface area contributed by atoms with Crippen molar-refractivity contribution in [1.82, 2.24) is 0 Å². The second-order valence-electron chi connectivity index (χ2n) is 3.03. The second-order valence-corrected chi connectivity index (χ2v) is 3.03. The average molecular weight is 226 g/mol. The largest absolute Gasteiger partial charge is 0.507 e. The third-order valence-corrected chi connectivity index (χ3v) is 2.29. The summed E-state index contributed by atoms with van der Waals surface area (Å²) in [5, 5.41) is 37.0. The van der Waals surface area contributed by atoms with Crippen LogP contribution in [0.3, 0.4) is 0 Å². The molecule has 0 aliphatic carbocycles. The van der Waals surface area contributed by atoms with Gasteiger partial charge < -0.3 is 20.4 Å². The van der Waals surface area contributed by atoms with Crippen molar-refractivity contribution in [2.75, 3.05) is 0 Å². The maximum atomic E-state index is 10.7. The first-order valence-corrected chi connectivity index (χ1v) is 4.34. The molecule has 0 saturated heterocycles. The molecule has 0 fully saturated rings. The van der Waals surface area contributed by atoms with Gasteiger partial charge in [-0.05, 0) is 0 Å². The van der Waals surface area contributed by atoms with E-state index in [0.717, 1.165) is 0 Å². The Bertz CT molecular complexity index is 397. The zero-order valence-electron chi connectivity index (χ0n) is 8.17. The first kappa shape index (κ1) is 12.2. The molecule has 1 aromatic carbocycles. The lowest BCUT2D eigenvalue weighted by molar-refractivity contribution is 0.108. The van der Waals surface area contributed by atoms with E-state index in [1.165, 1.54) is 0 Å². The summed E-state index contributed by atoms with van der Waals surface area (Å²) in [5.74, 6) is -1.22. The van der Waals surface area contributed by atoms with Gasteiger partial charge in [0, 0.05) is 11.1 Å². The molecule has 0 aliphatic rings. The first-order chi connectivity index (χ1) is 7.62. The van der Waals surface area contributed by atoms with Crippen LogP contribution in [0, 0.1) is 0 Å². The standard InChI is InChI=1S/C10H10O6/c11-1-5-6(2-12)10(16)8(4-14)7(3-13)9(5)15/h1-2,13-16H,3-4H2. The zero-order valence-corrected chi connectivity index (χ0v) is 8.17. The summed E-state index contributed by atoms with van der Waals surface area (Å²) >= 11 is 0. The van der Waals surface area contributed by atoms with Gasteiger partial charge in [0.15, 0.2) is 12.6 Å². The van der Waals surface area contributed by atoms with E-state index < -0.39 is 35.8 Å². The minimum absolute atomic E-state index is 0.173. The van der Waals surface area contributed by atoms with Gasteiger partial charge in [-0.1, -0.05) is 0 Å².